The number of hydrogen-bond donors (Lipinski definition) is 1. The maximum absolute atomic E-state index is 14.3. The number of anilines is 3. The average molecular weight is 650 g/mol. The molecule has 0 bridgehead atoms. The van der Waals surface area contributed by atoms with Crippen LogP contribution in [0.4, 0.5) is 30.5 Å². The van der Waals surface area contributed by atoms with Crippen molar-refractivity contribution in [1.29, 1.82) is 0 Å². The molecular weight excluding hydrogens is 615 g/mol. The molecule has 0 amide bonds. The molecule has 1 aromatic carbocycles. The molecule has 17 heteroatoms. The van der Waals surface area contributed by atoms with Gasteiger partial charge in [-0.05, 0) is 25.1 Å². The maximum atomic E-state index is 14.3. The van der Waals surface area contributed by atoms with Gasteiger partial charge in [0.25, 0.3) is 0 Å². The second-order valence-corrected chi connectivity index (χ2v) is 13.1. The van der Waals surface area contributed by atoms with Gasteiger partial charge in [0, 0.05) is 64.3 Å². The molecule has 0 aliphatic carbocycles. The molecule has 0 saturated carbocycles. The number of imidazole rings is 2. The molecule has 5 heterocycles. The van der Waals surface area contributed by atoms with Gasteiger partial charge < -0.3 is 19.7 Å². The molecule has 4 aromatic rings. The number of rotatable bonds is 8. The molecule has 3 aromatic heterocycles. The molecule has 242 valence electrons. The average Bonchev–Trinajstić information content (AvgIpc) is 3.63. The van der Waals surface area contributed by atoms with Gasteiger partial charge >= 0.3 is 16.4 Å². The van der Waals surface area contributed by atoms with Crippen LogP contribution in [0.2, 0.25) is 0 Å². The van der Waals surface area contributed by atoms with E-state index in [-0.39, 0.29) is 17.8 Å². The summed E-state index contributed by atoms with van der Waals surface area (Å²) in [5.74, 6) is 0.938. The second-order valence-electron chi connectivity index (χ2n) is 11.0. The monoisotopic (exact) mass is 649 g/mol. The highest BCUT2D eigenvalue weighted by atomic mass is 32.2. The van der Waals surface area contributed by atoms with Crippen LogP contribution in [0.3, 0.4) is 0 Å². The summed E-state index contributed by atoms with van der Waals surface area (Å²) in [7, 11) is -0.976. The van der Waals surface area contributed by atoms with E-state index in [9.17, 15) is 21.6 Å². The van der Waals surface area contributed by atoms with Crippen LogP contribution in [-0.2, 0) is 32.4 Å². The normalized spacial score (nSPS) is 17.0. The number of nitrogens with one attached hydrogen (secondary N) is 1. The number of morpholine rings is 2. The van der Waals surface area contributed by atoms with Crippen molar-refractivity contribution in [2.24, 2.45) is 0 Å². The first-order valence-corrected chi connectivity index (χ1v) is 15.8. The first-order valence-electron chi connectivity index (χ1n) is 14.4. The van der Waals surface area contributed by atoms with E-state index in [1.54, 1.807) is 23.6 Å². The molecule has 1 N–H and O–H groups in total. The predicted octanol–water partition coefficient (Wildman–Crippen LogP) is 2.99. The Hall–Kier alpha value is -3.77. The number of hydrogen-bond acceptors (Lipinski definition) is 10. The lowest BCUT2D eigenvalue weighted by Gasteiger charge is -2.29. The van der Waals surface area contributed by atoms with Gasteiger partial charge in [0.15, 0.2) is 17.3 Å². The zero-order valence-electron chi connectivity index (χ0n) is 25.1. The molecule has 0 spiro atoms. The minimum absolute atomic E-state index is 0.0760. The second kappa shape index (κ2) is 12.2. The third-order valence-electron chi connectivity index (χ3n) is 7.86. The number of aromatic nitrogens is 5. The fourth-order valence-corrected chi connectivity index (χ4v) is 6.18. The van der Waals surface area contributed by atoms with E-state index in [1.165, 1.54) is 32.7 Å². The smallest absolute Gasteiger partial charge is 0.379 e. The van der Waals surface area contributed by atoms with E-state index < -0.39 is 21.9 Å². The molecule has 2 aliphatic rings. The fraction of sp³-hybridized carbons (Fsp3) is 0.464. The van der Waals surface area contributed by atoms with E-state index in [1.807, 2.05) is 9.80 Å². The van der Waals surface area contributed by atoms with Gasteiger partial charge in [-0.2, -0.15) is 30.4 Å². The van der Waals surface area contributed by atoms with Crippen molar-refractivity contribution in [3.63, 3.8) is 0 Å². The molecule has 2 fully saturated rings. The third-order valence-corrected chi connectivity index (χ3v) is 9.52. The minimum Gasteiger partial charge on any atom is -0.379 e. The van der Waals surface area contributed by atoms with Gasteiger partial charge in [0.2, 0.25) is 0 Å². The number of aryl methyl sites for hydroxylation is 1. The summed E-state index contributed by atoms with van der Waals surface area (Å²) in [6.45, 7) is 5.87. The Kier molecular flexibility index (Phi) is 8.47. The third kappa shape index (κ3) is 6.22. The predicted molar refractivity (Wildman–Crippen MR) is 161 cm³/mol. The van der Waals surface area contributed by atoms with Crippen molar-refractivity contribution in [2.75, 3.05) is 76.9 Å². The number of alkyl halides is 3. The standard InChI is InChI=1S/C28H34F3N9O4S/c1-19-26(34-23-6-4-5-22(28(29,30)31)21(23)16-37-7-11-43-12-8-37)40-27(33-19)20(15-25(35-40)38-9-13-44-14-10-38)24-17-39(18-32-24)45(41,42)36(2)3/h4-6,15,17-18,34H,7-14,16H2,1-3H3. The van der Waals surface area contributed by atoms with Crippen LogP contribution in [0, 0.1) is 6.92 Å². The molecule has 45 heavy (non-hydrogen) atoms. The molecule has 13 nitrogen and oxygen atoms in total. The summed E-state index contributed by atoms with van der Waals surface area (Å²) < 4.78 is 82.9. The van der Waals surface area contributed by atoms with Crippen LogP contribution >= 0.6 is 0 Å². The van der Waals surface area contributed by atoms with Crippen molar-refractivity contribution >= 4 is 33.2 Å². The molecule has 0 atom stereocenters. The van der Waals surface area contributed by atoms with Crippen LogP contribution in [-0.4, -0.2) is 108 Å². The van der Waals surface area contributed by atoms with Gasteiger partial charge in [0.05, 0.1) is 48.9 Å². The summed E-state index contributed by atoms with van der Waals surface area (Å²) in [5.41, 5.74) is 1.36. The Morgan fingerprint density at radius 3 is 2.40 bits per heavy atom. The van der Waals surface area contributed by atoms with Crippen molar-refractivity contribution in [3.8, 4) is 11.3 Å². The number of nitrogens with zero attached hydrogens (tertiary/aromatic N) is 8. The summed E-state index contributed by atoms with van der Waals surface area (Å²) in [6, 6.07) is 5.88. The molecule has 6 rings (SSSR count). The van der Waals surface area contributed by atoms with Crippen molar-refractivity contribution in [2.45, 2.75) is 19.6 Å². The van der Waals surface area contributed by atoms with Crippen LogP contribution in [0.5, 0.6) is 0 Å². The van der Waals surface area contributed by atoms with E-state index >= 15 is 0 Å². The number of halogens is 3. The minimum atomic E-state index is -4.56. The van der Waals surface area contributed by atoms with E-state index in [0.29, 0.717) is 86.8 Å². The Labute approximate surface area is 258 Å². The Morgan fingerprint density at radius 2 is 1.73 bits per heavy atom. The molecule has 0 radical (unpaired) electrons. The van der Waals surface area contributed by atoms with Crippen LogP contribution in [0.25, 0.3) is 16.9 Å². The Balaban J connectivity index is 1.48. The zero-order valence-corrected chi connectivity index (χ0v) is 25.9. The first-order chi connectivity index (χ1) is 21.4. The van der Waals surface area contributed by atoms with E-state index in [4.69, 9.17) is 19.6 Å². The fourth-order valence-electron chi connectivity index (χ4n) is 5.40. The maximum Gasteiger partial charge on any atom is 0.416 e. The van der Waals surface area contributed by atoms with E-state index in [0.717, 1.165) is 14.3 Å². The van der Waals surface area contributed by atoms with Crippen molar-refractivity contribution in [3.05, 3.63) is 53.6 Å². The van der Waals surface area contributed by atoms with Crippen LogP contribution < -0.4 is 10.2 Å². The Bertz CT molecular complexity index is 1790. The van der Waals surface area contributed by atoms with Gasteiger partial charge in [0.1, 0.15) is 6.33 Å². The molecule has 2 aliphatic heterocycles. The SMILES string of the molecule is Cc1nc2c(-c3cn(S(=O)(=O)N(C)C)cn3)cc(N3CCOCC3)nn2c1Nc1cccc(C(F)(F)F)c1CN1CCOCC1. The van der Waals surface area contributed by atoms with Gasteiger partial charge in [-0.3, -0.25) is 4.90 Å². The largest absolute Gasteiger partial charge is 0.416 e. The summed E-state index contributed by atoms with van der Waals surface area (Å²) in [5, 5.41) is 8.08. The molecule has 2 saturated heterocycles. The van der Waals surface area contributed by atoms with Crippen LogP contribution in [0.1, 0.15) is 16.8 Å². The van der Waals surface area contributed by atoms with Gasteiger partial charge in [-0.1, -0.05) is 6.07 Å². The quantitative estimate of drug-likeness (QED) is 0.305. The van der Waals surface area contributed by atoms with Gasteiger partial charge in [-0.15, -0.1) is 5.10 Å². The molecular formula is C28H34F3N9O4S. The van der Waals surface area contributed by atoms with Crippen LogP contribution in [0.15, 0.2) is 36.8 Å². The van der Waals surface area contributed by atoms with E-state index in [2.05, 4.69) is 10.3 Å². The zero-order chi connectivity index (χ0) is 31.9. The number of ether oxygens (including phenoxy) is 2. The first kappa shape index (κ1) is 31.2. The molecule has 0 unspecified atom stereocenters. The lowest BCUT2D eigenvalue weighted by Crippen LogP contribution is -2.37. The number of fused-ring (bicyclic) bond motifs is 1. The lowest BCUT2D eigenvalue weighted by atomic mass is 10.0. The highest BCUT2D eigenvalue weighted by Gasteiger charge is 2.35. The topological polar surface area (TPSA) is 122 Å². The highest BCUT2D eigenvalue weighted by Crippen LogP contribution is 2.38. The summed E-state index contributed by atoms with van der Waals surface area (Å²) in [4.78, 5) is 13.1. The highest BCUT2D eigenvalue weighted by molar-refractivity contribution is 7.87. The van der Waals surface area contributed by atoms with Crippen molar-refractivity contribution < 1.29 is 31.1 Å². The summed E-state index contributed by atoms with van der Waals surface area (Å²) >= 11 is 0. The lowest BCUT2D eigenvalue weighted by molar-refractivity contribution is -0.138. The summed E-state index contributed by atoms with van der Waals surface area (Å²) in [6.07, 6.45) is -1.95. The Morgan fingerprint density at radius 1 is 1.04 bits per heavy atom. The number of benzene rings is 1. The van der Waals surface area contributed by atoms with Gasteiger partial charge in [-0.25, -0.2) is 13.9 Å². The van der Waals surface area contributed by atoms with Crippen molar-refractivity contribution in [1.82, 2.24) is 32.8 Å².